The van der Waals surface area contributed by atoms with E-state index in [1.165, 1.54) is 6.33 Å². The van der Waals surface area contributed by atoms with E-state index in [1.807, 2.05) is 31.2 Å². The number of aromatic amines is 1. The molecule has 0 radical (unpaired) electrons. The van der Waals surface area contributed by atoms with Crippen molar-refractivity contribution < 1.29 is 4.79 Å². The molecule has 5 nitrogen and oxygen atoms in total. The third-order valence-corrected chi connectivity index (χ3v) is 2.88. The molecule has 0 bridgehead atoms. The zero-order chi connectivity index (χ0) is 12.3. The molecule has 1 heterocycles. The molecule has 0 aliphatic carbocycles. The summed E-state index contributed by atoms with van der Waals surface area (Å²) in [5.41, 5.74) is 1.03. The van der Waals surface area contributed by atoms with Crippen LogP contribution >= 0.6 is 15.9 Å². The number of hydrogen-bond donors (Lipinski definition) is 2. The molecular weight excluding hydrogens is 284 g/mol. The summed E-state index contributed by atoms with van der Waals surface area (Å²) in [5.74, 6) is -0.0492. The first-order chi connectivity index (χ1) is 8.16. The molecule has 0 fully saturated rings. The molecule has 1 aromatic heterocycles. The average molecular weight is 295 g/mol. The van der Waals surface area contributed by atoms with Crippen LogP contribution in [0.2, 0.25) is 0 Å². The minimum atomic E-state index is -0.266. The smallest absolute Gasteiger partial charge is 0.289 e. The zero-order valence-corrected chi connectivity index (χ0v) is 10.7. The van der Waals surface area contributed by atoms with E-state index >= 15 is 0 Å². The Hall–Kier alpha value is -1.69. The van der Waals surface area contributed by atoms with Crippen molar-refractivity contribution in [2.75, 3.05) is 0 Å². The van der Waals surface area contributed by atoms with Crippen LogP contribution in [0.4, 0.5) is 0 Å². The third-order valence-electron chi connectivity index (χ3n) is 2.35. The number of amides is 1. The lowest BCUT2D eigenvalue weighted by atomic mass is 10.1. The van der Waals surface area contributed by atoms with Crippen LogP contribution in [-0.4, -0.2) is 21.1 Å². The van der Waals surface area contributed by atoms with Crippen molar-refractivity contribution in [2.24, 2.45) is 0 Å². The fourth-order valence-electron chi connectivity index (χ4n) is 1.41. The second-order valence-electron chi connectivity index (χ2n) is 3.58. The van der Waals surface area contributed by atoms with Crippen LogP contribution in [0, 0.1) is 0 Å². The molecule has 0 aliphatic rings. The Balaban J connectivity index is 2.04. The Bertz CT molecular complexity index is 495. The quantitative estimate of drug-likeness (QED) is 0.910. The fraction of sp³-hybridized carbons (Fsp3) is 0.182. The zero-order valence-electron chi connectivity index (χ0n) is 9.14. The molecule has 6 heteroatoms. The second-order valence-corrected chi connectivity index (χ2v) is 4.50. The van der Waals surface area contributed by atoms with Gasteiger partial charge in [-0.05, 0) is 24.6 Å². The van der Waals surface area contributed by atoms with Crippen molar-refractivity contribution in [1.82, 2.24) is 20.5 Å². The molecule has 0 spiro atoms. The van der Waals surface area contributed by atoms with Gasteiger partial charge >= 0.3 is 0 Å². The molecule has 1 amide bonds. The monoisotopic (exact) mass is 294 g/mol. The minimum Gasteiger partial charge on any atom is -0.343 e. The number of halogens is 1. The number of benzene rings is 1. The van der Waals surface area contributed by atoms with Crippen LogP contribution in [0.1, 0.15) is 29.1 Å². The highest BCUT2D eigenvalue weighted by atomic mass is 79.9. The first kappa shape index (κ1) is 11.8. The van der Waals surface area contributed by atoms with Crippen LogP contribution in [0.15, 0.2) is 35.1 Å². The van der Waals surface area contributed by atoms with E-state index in [0.29, 0.717) is 0 Å². The van der Waals surface area contributed by atoms with E-state index in [4.69, 9.17) is 0 Å². The van der Waals surface area contributed by atoms with E-state index in [2.05, 4.69) is 36.4 Å². The number of rotatable bonds is 3. The predicted molar refractivity (Wildman–Crippen MR) is 66.4 cm³/mol. The summed E-state index contributed by atoms with van der Waals surface area (Å²) < 4.78 is 1.01. The lowest BCUT2D eigenvalue weighted by Crippen LogP contribution is -2.27. The molecule has 17 heavy (non-hydrogen) atoms. The van der Waals surface area contributed by atoms with Gasteiger partial charge in [-0.2, -0.15) is 5.10 Å². The first-order valence-electron chi connectivity index (χ1n) is 5.08. The molecule has 0 unspecified atom stereocenters. The lowest BCUT2D eigenvalue weighted by Gasteiger charge is -2.13. The summed E-state index contributed by atoms with van der Waals surface area (Å²) in [5, 5.41) is 8.98. The number of H-pyrrole nitrogens is 1. The average Bonchev–Trinajstić information content (AvgIpc) is 2.83. The van der Waals surface area contributed by atoms with E-state index in [-0.39, 0.29) is 17.8 Å². The van der Waals surface area contributed by atoms with Gasteiger partial charge in [-0.25, -0.2) is 4.98 Å². The number of hydrogen-bond acceptors (Lipinski definition) is 3. The van der Waals surface area contributed by atoms with Crippen molar-refractivity contribution in [3.8, 4) is 0 Å². The van der Waals surface area contributed by atoms with E-state index in [1.54, 1.807) is 0 Å². The molecule has 0 aliphatic heterocycles. The Morgan fingerprint density at radius 1 is 1.41 bits per heavy atom. The Morgan fingerprint density at radius 2 is 2.12 bits per heavy atom. The lowest BCUT2D eigenvalue weighted by molar-refractivity contribution is 0.0930. The van der Waals surface area contributed by atoms with Gasteiger partial charge < -0.3 is 5.32 Å². The molecule has 2 N–H and O–H groups in total. The van der Waals surface area contributed by atoms with Gasteiger partial charge in [0.1, 0.15) is 6.33 Å². The Labute approximate surface area is 107 Å². The van der Waals surface area contributed by atoms with Crippen molar-refractivity contribution in [3.05, 3.63) is 46.5 Å². The molecule has 1 aromatic carbocycles. The topological polar surface area (TPSA) is 70.7 Å². The van der Waals surface area contributed by atoms with Crippen molar-refractivity contribution in [2.45, 2.75) is 13.0 Å². The van der Waals surface area contributed by atoms with Crippen molar-refractivity contribution in [1.29, 1.82) is 0 Å². The predicted octanol–water partition coefficient (Wildman–Crippen LogP) is 2.06. The molecular formula is C11H11BrN4O. The van der Waals surface area contributed by atoms with Gasteiger partial charge in [0.2, 0.25) is 5.82 Å². The van der Waals surface area contributed by atoms with Crippen LogP contribution in [0.25, 0.3) is 0 Å². The SMILES string of the molecule is C[C@@H](NC(=O)c1ncn[nH]1)c1ccc(Br)cc1. The minimum absolute atomic E-state index is 0.0827. The van der Waals surface area contributed by atoms with Gasteiger partial charge in [0.25, 0.3) is 5.91 Å². The maximum atomic E-state index is 11.7. The largest absolute Gasteiger partial charge is 0.343 e. The van der Waals surface area contributed by atoms with Gasteiger partial charge in [0, 0.05) is 4.47 Å². The van der Waals surface area contributed by atoms with Crippen LogP contribution in [0.5, 0.6) is 0 Å². The molecule has 1 atom stereocenters. The van der Waals surface area contributed by atoms with Gasteiger partial charge in [0.05, 0.1) is 6.04 Å². The third kappa shape index (κ3) is 2.91. The van der Waals surface area contributed by atoms with E-state index < -0.39 is 0 Å². The molecule has 0 saturated carbocycles. The standard InChI is InChI=1S/C11H11BrN4O/c1-7(8-2-4-9(12)5-3-8)15-11(17)10-13-6-14-16-10/h2-7H,1H3,(H,15,17)(H,13,14,16)/t7-/m1/s1. The molecule has 2 aromatic rings. The number of nitrogens with one attached hydrogen (secondary N) is 2. The fourth-order valence-corrected chi connectivity index (χ4v) is 1.68. The Kier molecular flexibility index (Phi) is 3.53. The summed E-state index contributed by atoms with van der Waals surface area (Å²) in [4.78, 5) is 15.5. The summed E-state index contributed by atoms with van der Waals surface area (Å²) in [7, 11) is 0. The maximum Gasteiger partial charge on any atom is 0.289 e. The maximum absolute atomic E-state index is 11.7. The first-order valence-corrected chi connectivity index (χ1v) is 5.88. The van der Waals surface area contributed by atoms with Crippen molar-refractivity contribution in [3.63, 3.8) is 0 Å². The summed E-state index contributed by atoms with van der Waals surface area (Å²) >= 11 is 3.37. The van der Waals surface area contributed by atoms with Gasteiger partial charge in [0.15, 0.2) is 0 Å². The van der Waals surface area contributed by atoms with Crippen LogP contribution < -0.4 is 5.32 Å². The van der Waals surface area contributed by atoms with Crippen LogP contribution in [-0.2, 0) is 0 Å². The number of aromatic nitrogens is 3. The normalized spacial score (nSPS) is 12.1. The number of carbonyl (C=O) groups excluding carboxylic acids is 1. The number of nitrogens with zero attached hydrogens (tertiary/aromatic N) is 2. The van der Waals surface area contributed by atoms with E-state index in [0.717, 1.165) is 10.0 Å². The number of carbonyl (C=O) groups is 1. The summed E-state index contributed by atoms with van der Waals surface area (Å²) in [6.07, 6.45) is 1.30. The molecule has 88 valence electrons. The summed E-state index contributed by atoms with van der Waals surface area (Å²) in [6.45, 7) is 1.91. The van der Waals surface area contributed by atoms with Crippen molar-refractivity contribution >= 4 is 21.8 Å². The van der Waals surface area contributed by atoms with Gasteiger partial charge in [-0.3, -0.25) is 9.89 Å². The second kappa shape index (κ2) is 5.09. The van der Waals surface area contributed by atoms with E-state index in [9.17, 15) is 4.79 Å². The molecule has 0 saturated heterocycles. The highest BCUT2D eigenvalue weighted by Crippen LogP contribution is 2.16. The highest BCUT2D eigenvalue weighted by molar-refractivity contribution is 9.10. The summed E-state index contributed by atoms with van der Waals surface area (Å²) in [6, 6.07) is 7.70. The Morgan fingerprint density at radius 3 is 2.71 bits per heavy atom. The van der Waals surface area contributed by atoms with Crippen LogP contribution in [0.3, 0.4) is 0 Å². The van der Waals surface area contributed by atoms with Gasteiger partial charge in [-0.15, -0.1) is 0 Å². The highest BCUT2D eigenvalue weighted by Gasteiger charge is 2.13. The molecule has 2 rings (SSSR count). The van der Waals surface area contributed by atoms with Gasteiger partial charge in [-0.1, -0.05) is 28.1 Å².